The highest BCUT2D eigenvalue weighted by Gasteiger charge is 2.22. The summed E-state index contributed by atoms with van der Waals surface area (Å²) in [5.41, 5.74) is 5.53. The molecule has 1 saturated heterocycles. The van der Waals surface area contributed by atoms with Gasteiger partial charge in [-0.3, -0.25) is 4.98 Å². The number of halogens is 1. The summed E-state index contributed by atoms with van der Waals surface area (Å²) in [7, 11) is 1.82. The van der Waals surface area contributed by atoms with Crippen molar-refractivity contribution < 1.29 is 9.50 Å². The highest BCUT2D eigenvalue weighted by molar-refractivity contribution is 6.02. The molecule has 0 unspecified atom stereocenters. The van der Waals surface area contributed by atoms with Crippen LogP contribution in [0.4, 0.5) is 10.1 Å². The van der Waals surface area contributed by atoms with E-state index in [0.717, 1.165) is 72.3 Å². The molecule has 0 atom stereocenters. The molecule has 0 aliphatic carbocycles. The minimum absolute atomic E-state index is 0.00464. The number of aliphatic hydroxyl groups is 1. The fraction of sp³-hybridized carbons (Fsp3) is 0.300. The number of rotatable bonds is 8. The zero-order valence-corrected chi connectivity index (χ0v) is 21.4. The van der Waals surface area contributed by atoms with Crippen LogP contribution >= 0.6 is 0 Å². The van der Waals surface area contributed by atoms with Crippen molar-refractivity contribution in [2.45, 2.75) is 19.4 Å². The molecule has 7 nitrogen and oxygen atoms in total. The fourth-order valence-corrected chi connectivity index (χ4v) is 5.46. The maximum atomic E-state index is 14.8. The van der Waals surface area contributed by atoms with E-state index in [-0.39, 0.29) is 12.2 Å². The van der Waals surface area contributed by atoms with E-state index in [1.165, 1.54) is 18.3 Å². The van der Waals surface area contributed by atoms with Gasteiger partial charge in [0.15, 0.2) is 0 Å². The number of piperidine rings is 1. The first-order valence-electron chi connectivity index (χ1n) is 12.9. The van der Waals surface area contributed by atoms with E-state index in [1.807, 2.05) is 37.5 Å². The van der Waals surface area contributed by atoms with Gasteiger partial charge in [-0.2, -0.15) is 5.26 Å². The summed E-state index contributed by atoms with van der Waals surface area (Å²) < 4.78 is 17.0. The molecule has 0 spiro atoms. The Bertz CT molecular complexity index is 1510. The van der Waals surface area contributed by atoms with Crippen molar-refractivity contribution >= 4 is 22.8 Å². The van der Waals surface area contributed by atoms with E-state index in [2.05, 4.69) is 27.0 Å². The monoisotopic (exact) mass is 510 g/mol. The van der Waals surface area contributed by atoms with Crippen molar-refractivity contribution in [2.75, 3.05) is 38.6 Å². The van der Waals surface area contributed by atoms with Crippen molar-refractivity contribution in [2.24, 2.45) is 5.92 Å². The first kappa shape index (κ1) is 25.6. The normalized spacial score (nSPS) is 14.5. The Morgan fingerprint density at radius 3 is 2.66 bits per heavy atom. The van der Waals surface area contributed by atoms with Crippen LogP contribution in [0.2, 0.25) is 0 Å². The van der Waals surface area contributed by atoms with Gasteiger partial charge in [-0.15, -0.1) is 0 Å². The summed E-state index contributed by atoms with van der Waals surface area (Å²) in [6.07, 6.45) is 7.40. The van der Waals surface area contributed by atoms with Gasteiger partial charge in [0, 0.05) is 60.3 Å². The molecule has 1 aliphatic rings. The lowest BCUT2D eigenvalue weighted by molar-refractivity contribution is 0.142. The van der Waals surface area contributed by atoms with Gasteiger partial charge in [0.1, 0.15) is 11.9 Å². The predicted molar refractivity (Wildman–Crippen MR) is 149 cm³/mol. The molecular weight excluding hydrogens is 479 g/mol. The number of benzene rings is 2. The van der Waals surface area contributed by atoms with Gasteiger partial charge in [0.2, 0.25) is 0 Å². The lowest BCUT2D eigenvalue weighted by Gasteiger charge is -2.31. The van der Waals surface area contributed by atoms with Gasteiger partial charge in [-0.25, -0.2) is 4.39 Å². The first-order valence-corrected chi connectivity index (χ1v) is 12.9. The molecule has 3 heterocycles. The van der Waals surface area contributed by atoms with Crippen LogP contribution in [-0.4, -0.2) is 59.1 Å². The number of anilines is 1. The van der Waals surface area contributed by atoms with Gasteiger partial charge in [-0.05, 0) is 67.7 Å². The second-order valence-corrected chi connectivity index (χ2v) is 9.76. The van der Waals surface area contributed by atoms with Gasteiger partial charge >= 0.3 is 0 Å². The Kier molecular flexibility index (Phi) is 7.50. The molecule has 2 aromatic carbocycles. The number of fused-ring (bicyclic) bond motifs is 1. The number of β-amino-alcohol motifs (C(OH)–C–C–N with tert-alkyl or cyclic N) is 1. The average Bonchev–Trinajstić information content (AvgIpc) is 3.35. The van der Waals surface area contributed by atoms with E-state index in [4.69, 9.17) is 10.4 Å². The van der Waals surface area contributed by atoms with E-state index in [9.17, 15) is 14.8 Å². The Labute approximate surface area is 221 Å². The summed E-state index contributed by atoms with van der Waals surface area (Å²) in [4.78, 5) is 7.18. The number of aliphatic hydroxyl groups excluding tert-OH is 1. The average molecular weight is 511 g/mol. The molecular formula is C30H31FN6O. The van der Waals surface area contributed by atoms with E-state index < -0.39 is 5.82 Å². The Morgan fingerprint density at radius 1 is 1.18 bits per heavy atom. The number of aromatic nitrogens is 2. The number of likely N-dealkylation sites (tertiary alicyclic amines) is 1. The van der Waals surface area contributed by atoms with Crippen LogP contribution in [0.15, 0.2) is 54.9 Å². The zero-order chi connectivity index (χ0) is 26.6. The molecule has 1 fully saturated rings. The highest BCUT2D eigenvalue weighted by Crippen LogP contribution is 2.39. The summed E-state index contributed by atoms with van der Waals surface area (Å²) in [5.74, 6) is -0.0343. The molecule has 2 aromatic heterocycles. The van der Waals surface area contributed by atoms with Gasteiger partial charge < -0.3 is 25.3 Å². The third-order valence-corrected chi connectivity index (χ3v) is 7.53. The molecule has 0 saturated carbocycles. The summed E-state index contributed by atoms with van der Waals surface area (Å²) in [6.45, 7) is 3.76. The molecule has 0 radical (unpaired) electrons. The Balaban J connectivity index is 1.59. The lowest BCUT2D eigenvalue weighted by Crippen LogP contribution is -2.36. The predicted octanol–water partition coefficient (Wildman–Crippen LogP) is 5.12. The summed E-state index contributed by atoms with van der Waals surface area (Å²) in [6, 6.07) is 14.4. The zero-order valence-electron chi connectivity index (χ0n) is 21.4. The van der Waals surface area contributed by atoms with E-state index >= 15 is 0 Å². The van der Waals surface area contributed by atoms with Crippen molar-refractivity contribution in [3.63, 3.8) is 0 Å². The van der Waals surface area contributed by atoms with E-state index in [1.54, 1.807) is 6.07 Å². The number of pyridine rings is 1. The van der Waals surface area contributed by atoms with Crippen LogP contribution < -0.4 is 5.32 Å². The molecule has 194 valence electrons. The fourth-order valence-electron chi connectivity index (χ4n) is 5.46. The molecule has 3 N–H and O–H groups in total. The molecule has 4 aromatic rings. The Morgan fingerprint density at radius 2 is 1.97 bits per heavy atom. The number of nitriles is 1. The number of hydrogen-bond acceptors (Lipinski definition) is 6. The molecule has 38 heavy (non-hydrogen) atoms. The van der Waals surface area contributed by atoms with Crippen molar-refractivity contribution in [3.8, 4) is 28.5 Å². The largest absolute Gasteiger partial charge is 0.395 e. The summed E-state index contributed by atoms with van der Waals surface area (Å²) in [5, 5.41) is 30.4. The van der Waals surface area contributed by atoms with Crippen LogP contribution in [0.5, 0.6) is 0 Å². The third-order valence-electron chi connectivity index (χ3n) is 7.53. The SMILES string of the molecule is CNc1ccc(-c2ncc3c(ccn3CC3CCN(CCO)CC3)c2-c2ccc(C#N)c(F)c2)cc1C=N. The van der Waals surface area contributed by atoms with Crippen LogP contribution in [0.3, 0.4) is 0 Å². The Hall–Kier alpha value is -4.06. The van der Waals surface area contributed by atoms with E-state index in [0.29, 0.717) is 17.2 Å². The van der Waals surface area contributed by atoms with Gasteiger partial charge in [-0.1, -0.05) is 12.1 Å². The van der Waals surface area contributed by atoms with Crippen LogP contribution in [0.25, 0.3) is 33.3 Å². The number of nitrogens with zero attached hydrogens (tertiary/aromatic N) is 4. The van der Waals surface area contributed by atoms with Crippen LogP contribution in [0.1, 0.15) is 24.0 Å². The second kappa shape index (κ2) is 11.1. The van der Waals surface area contributed by atoms with Crippen molar-refractivity contribution in [1.82, 2.24) is 14.5 Å². The third kappa shape index (κ3) is 4.91. The molecule has 5 rings (SSSR count). The molecule has 1 aliphatic heterocycles. The van der Waals surface area contributed by atoms with Crippen molar-refractivity contribution in [1.29, 1.82) is 10.7 Å². The van der Waals surface area contributed by atoms with Gasteiger partial charge in [0.05, 0.1) is 29.6 Å². The summed E-state index contributed by atoms with van der Waals surface area (Å²) >= 11 is 0. The van der Waals surface area contributed by atoms with Gasteiger partial charge in [0.25, 0.3) is 0 Å². The lowest BCUT2D eigenvalue weighted by atomic mass is 9.94. The number of nitrogens with one attached hydrogen (secondary N) is 2. The maximum absolute atomic E-state index is 14.8. The minimum atomic E-state index is -0.562. The maximum Gasteiger partial charge on any atom is 0.141 e. The number of hydrogen-bond donors (Lipinski definition) is 3. The molecule has 0 amide bonds. The molecule has 0 bridgehead atoms. The van der Waals surface area contributed by atoms with Crippen molar-refractivity contribution in [3.05, 3.63) is 71.8 Å². The highest BCUT2D eigenvalue weighted by atomic mass is 19.1. The minimum Gasteiger partial charge on any atom is -0.395 e. The van der Waals surface area contributed by atoms with Crippen LogP contribution in [0, 0.1) is 28.5 Å². The standard InChI is InChI=1S/C30H31FN6O/c1-34-27-5-4-22(14-24(27)17-33)30-29(21-2-3-23(16-32)26(31)15-21)25-8-11-37(28(25)18-35-30)19-20-6-9-36(10-7-20)12-13-38/h2-5,8,11,14-15,17-18,20,33-34,38H,6-7,9-10,12-13,19H2,1H3. The topological polar surface area (TPSA) is 101 Å². The molecule has 8 heteroatoms. The first-order chi connectivity index (χ1) is 18.6. The second-order valence-electron chi connectivity index (χ2n) is 9.76. The quantitative estimate of drug-likeness (QED) is 0.286. The smallest absolute Gasteiger partial charge is 0.141 e. The van der Waals surface area contributed by atoms with Crippen LogP contribution in [-0.2, 0) is 6.54 Å².